The van der Waals surface area contributed by atoms with Gasteiger partial charge in [-0.25, -0.2) is 0 Å². The molecule has 0 amide bonds. The van der Waals surface area contributed by atoms with E-state index in [0.29, 0.717) is 17.9 Å². The van der Waals surface area contributed by atoms with Gasteiger partial charge >= 0.3 is 6.18 Å². The van der Waals surface area contributed by atoms with Crippen molar-refractivity contribution in [1.29, 1.82) is 5.26 Å². The quantitative estimate of drug-likeness (QED) is 0.751. The van der Waals surface area contributed by atoms with E-state index in [2.05, 4.69) is 19.9 Å². The minimum Gasteiger partial charge on any atom is -0.198 e. The number of hydrogen-bond acceptors (Lipinski definition) is 1. The molecule has 0 N–H and O–H groups in total. The van der Waals surface area contributed by atoms with Crippen molar-refractivity contribution >= 4 is 0 Å². The van der Waals surface area contributed by atoms with Gasteiger partial charge in [0.25, 0.3) is 0 Å². The van der Waals surface area contributed by atoms with Gasteiger partial charge in [-0.2, -0.15) is 18.4 Å². The van der Waals surface area contributed by atoms with Crippen molar-refractivity contribution in [2.24, 2.45) is 11.8 Å². The Morgan fingerprint density at radius 1 is 1.21 bits per heavy atom. The lowest BCUT2D eigenvalue weighted by Crippen LogP contribution is -2.08. The molecule has 0 aliphatic heterocycles. The van der Waals surface area contributed by atoms with E-state index in [9.17, 15) is 13.2 Å². The third kappa shape index (κ3) is 5.34. The monoisotopic (exact) mass is 269 g/mol. The number of benzene rings is 1. The van der Waals surface area contributed by atoms with Crippen LogP contribution in [-0.4, -0.2) is 0 Å². The summed E-state index contributed by atoms with van der Waals surface area (Å²) in [7, 11) is 0. The number of nitriles is 1. The zero-order valence-corrected chi connectivity index (χ0v) is 11.2. The lowest BCUT2D eigenvalue weighted by atomic mass is 9.92. The fourth-order valence-electron chi connectivity index (χ4n) is 1.91. The van der Waals surface area contributed by atoms with E-state index < -0.39 is 11.7 Å². The summed E-state index contributed by atoms with van der Waals surface area (Å²) in [6, 6.07) is 7.42. The molecule has 0 aromatic heterocycles. The van der Waals surface area contributed by atoms with Gasteiger partial charge in [-0.05, 0) is 36.8 Å². The van der Waals surface area contributed by atoms with Crippen molar-refractivity contribution in [2.75, 3.05) is 0 Å². The molecule has 19 heavy (non-hydrogen) atoms. The number of alkyl halides is 3. The SMILES string of the molecule is CC(C)CCC(C#N)Cc1cccc(C(F)(F)F)c1. The van der Waals surface area contributed by atoms with Gasteiger partial charge in [-0.3, -0.25) is 0 Å². The molecule has 0 aliphatic rings. The highest BCUT2D eigenvalue weighted by Crippen LogP contribution is 2.30. The fourth-order valence-corrected chi connectivity index (χ4v) is 1.91. The molecule has 1 aromatic rings. The maximum absolute atomic E-state index is 12.6. The van der Waals surface area contributed by atoms with Gasteiger partial charge in [-0.1, -0.05) is 32.0 Å². The van der Waals surface area contributed by atoms with E-state index in [-0.39, 0.29) is 5.92 Å². The van der Waals surface area contributed by atoms with E-state index >= 15 is 0 Å². The number of halogens is 3. The van der Waals surface area contributed by atoms with Crippen molar-refractivity contribution in [3.8, 4) is 6.07 Å². The summed E-state index contributed by atoms with van der Waals surface area (Å²) in [6.45, 7) is 4.14. The number of rotatable bonds is 5. The first-order valence-corrected chi connectivity index (χ1v) is 6.38. The van der Waals surface area contributed by atoms with E-state index in [4.69, 9.17) is 5.26 Å². The van der Waals surface area contributed by atoms with Gasteiger partial charge in [0.05, 0.1) is 17.6 Å². The van der Waals surface area contributed by atoms with Gasteiger partial charge in [0, 0.05) is 0 Å². The van der Waals surface area contributed by atoms with Crippen LogP contribution < -0.4 is 0 Å². The average molecular weight is 269 g/mol. The van der Waals surface area contributed by atoms with Crippen molar-refractivity contribution in [3.63, 3.8) is 0 Å². The van der Waals surface area contributed by atoms with Crippen LogP contribution in [0.2, 0.25) is 0 Å². The number of hydrogen-bond donors (Lipinski definition) is 0. The van der Waals surface area contributed by atoms with Crippen molar-refractivity contribution in [2.45, 2.75) is 39.3 Å². The van der Waals surface area contributed by atoms with E-state index in [1.54, 1.807) is 6.07 Å². The molecule has 0 bridgehead atoms. The highest BCUT2D eigenvalue weighted by atomic mass is 19.4. The van der Waals surface area contributed by atoms with Crippen LogP contribution in [0.15, 0.2) is 24.3 Å². The average Bonchev–Trinajstić information content (AvgIpc) is 2.33. The van der Waals surface area contributed by atoms with Crippen LogP contribution in [0.1, 0.15) is 37.8 Å². The summed E-state index contributed by atoms with van der Waals surface area (Å²) >= 11 is 0. The lowest BCUT2D eigenvalue weighted by molar-refractivity contribution is -0.137. The molecule has 1 rings (SSSR count). The van der Waals surface area contributed by atoms with Crippen LogP contribution in [0, 0.1) is 23.2 Å². The smallest absolute Gasteiger partial charge is 0.198 e. The second kappa shape index (κ2) is 6.60. The molecule has 1 unspecified atom stereocenters. The second-order valence-corrected chi connectivity index (χ2v) is 5.20. The Balaban J connectivity index is 2.73. The minimum absolute atomic E-state index is 0.217. The normalized spacial score (nSPS) is 13.3. The molecule has 0 heterocycles. The van der Waals surface area contributed by atoms with Crippen LogP contribution >= 0.6 is 0 Å². The summed E-state index contributed by atoms with van der Waals surface area (Å²) in [5.74, 6) is 0.281. The van der Waals surface area contributed by atoms with Gasteiger partial charge in [0.15, 0.2) is 0 Å². The maximum Gasteiger partial charge on any atom is 0.416 e. The number of nitrogens with zero attached hydrogens (tertiary/aromatic N) is 1. The Labute approximate surface area is 112 Å². The van der Waals surface area contributed by atoms with Crippen LogP contribution in [-0.2, 0) is 12.6 Å². The van der Waals surface area contributed by atoms with Gasteiger partial charge in [0.1, 0.15) is 0 Å². The molecule has 0 fully saturated rings. The topological polar surface area (TPSA) is 23.8 Å². The van der Waals surface area contributed by atoms with Crippen LogP contribution in [0.4, 0.5) is 13.2 Å². The molecule has 0 saturated carbocycles. The fraction of sp³-hybridized carbons (Fsp3) is 0.533. The first-order chi connectivity index (χ1) is 8.82. The second-order valence-electron chi connectivity index (χ2n) is 5.20. The third-order valence-corrected chi connectivity index (χ3v) is 3.01. The van der Waals surface area contributed by atoms with Crippen LogP contribution in [0.5, 0.6) is 0 Å². The Hall–Kier alpha value is -1.50. The van der Waals surface area contributed by atoms with E-state index in [1.165, 1.54) is 6.07 Å². The van der Waals surface area contributed by atoms with E-state index in [1.807, 2.05) is 0 Å². The first kappa shape index (κ1) is 15.6. The highest BCUT2D eigenvalue weighted by Gasteiger charge is 2.30. The van der Waals surface area contributed by atoms with Crippen molar-refractivity contribution < 1.29 is 13.2 Å². The zero-order valence-electron chi connectivity index (χ0n) is 11.2. The Bertz CT molecular complexity index is 443. The largest absolute Gasteiger partial charge is 0.416 e. The summed E-state index contributed by atoms with van der Waals surface area (Å²) in [5, 5.41) is 9.06. The molecule has 0 spiro atoms. The first-order valence-electron chi connectivity index (χ1n) is 6.38. The molecule has 0 saturated heterocycles. The summed E-state index contributed by atoms with van der Waals surface area (Å²) in [4.78, 5) is 0. The van der Waals surface area contributed by atoms with Crippen molar-refractivity contribution in [3.05, 3.63) is 35.4 Å². The van der Waals surface area contributed by atoms with Gasteiger partial charge in [0.2, 0.25) is 0 Å². The molecule has 0 radical (unpaired) electrons. The molecule has 4 heteroatoms. The van der Waals surface area contributed by atoms with Crippen molar-refractivity contribution in [1.82, 2.24) is 0 Å². The standard InChI is InChI=1S/C15H18F3N/c1-11(2)6-7-13(10-19)8-12-4-3-5-14(9-12)15(16,17)18/h3-5,9,11,13H,6-8H2,1-2H3. The Morgan fingerprint density at radius 2 is 1.89 bits per heavy atom. The molecule has 0 aliphatic carbocycles. The Morgan fingerprint density at radius 3 is 2.42 bits per heavy atom. The van der Waals surface area contributed by atoms with E-state index in [0.717, 1.165) is 25.0 Å². The predicted molar refractivity (Wildman–Crippen MR) is 68.3 cm³/mol. The minimum atomic E-state index is -4.32. The van der Waals surface area contributed by atoms with Gasteiger partial charge in [-0.15, -0.1) is 0 Å². The molecular weight excluding hydrogens is 251 g/mol. The molecule has 104 valence electrons. The van der Waals surface area contributed by atoms with Crippen LogP contribution in [0.25, 0.3) is 0 Å². The zero-order chi connectivity index (χ0) is 14.5. The predicted octanol–water partition coefficient (Wildman–Crippen LogP) is 4.82. The summed E-state index contributed by atoms with van der Waals surface area (Å²) in [6.07, 6.45) is -2.30. The van der Waals surface area contributed by atoms with Gasteiger partial charge < -0.3 is 0 Å². The highest BCUT2D eigenvalue weighted by molar-refractivity contribution is 5.26. The molecular formula is C15H18F3N. The lowest BCUT2D eigenvalue weighted by Gasteiger charge is -2.12. The van der Waals surface area contributed by atoms with Crippen LogP contribution in [0.3, 0.4) is 0 Å². The molecule has 1 nitrogen and oxygen atoms in total. The molecule has 1 aromatic carbocycles. The summed E-state index contributed by atoms with van der Waals surface area (Å²) < 4.78 is 37.7. The third-order valence-electron chi connectivity index (χ3n) is 3.01. The maximum atomic E-state index is 12.6. The Kier molecular flexibility index (Phi) is 5.41. The summed E-state index contributed by atoms with van der Waals surface area (Å²) in [5.41, 5.74) is -0.0734. The molecule has 1 atom stereocenters.